The maximum Gasteiger partial charge on any atom is 0.369 e. The Bertz CT molecular complexity index is 220. The predicted octanol–water partition coefficient (Wildman–Crippen LogP) is 2.26. The lowest BCUT2D eigenvalue weighted by molar-refractivity contribution is 0.222. The fourth-order valence-corrected chi connectivity index (χ4v) is 1.02. The lowest BCUT2D eigenvalue weighted by Crippen LogP contribution is -1.81. The topological polar surface area (TPSA) is 37.3 Å². The highest BCUT2D eigenvalue weighted by Crippen LogP contribution is 2.16. The van der Waals surface area contributed by atoms with E-state index in [1.54, 1.807) is 24.3 Å². The molecule has 0 aliphatic heterocycles. The van der Waals surface area contributed by atoms with Crippen LogP contribution >= 0.6 is 11.8 Å². The molecule has 0 fully saturated rings. The maximum atomic E-state index is 10.1. The average molecular weight is 153 g/mol. The molecule has 1 aromatic carbocycles. The summed E-state index contributed by atoms with van der Waals surface area (Å²) < 4.78 is 0. The molecule has 1 N–H and O–H groups in total. The minimum atomic E-state index is -0.889. The van der Waals surface area contributed by atoms with E-state index in [1.165, 1.54) is 0 Å². The van der Waals surface area contributed by atoms with Gasteiger partial charge in [-0.2, -0.15) is 0 Å². The third-order valence-corrected chi connectivity index (χ3v) is 1.55. The monoisotopic (exact) mass is 153 g/mol. The van der Waals surface area contributed by atoms with Crippen molar-refractivity contribution in [1.29, 1.82) is 0 Å². The molecule has 0 atom stereocenters. The molecule has 0 aromatic heterocycles. The van der Waals surface area contributed by atoms with Crippen LogP contribution in [-0.2, 0) is 0 Å². The van der Waals surface area contributed by atoms with Crippen LogP contribution in [0.15, 0.2) is 29.2 Å². The second-order valence-electron chi connectivity index (χ2n) is 1.61. The Morgan fingerprint density at radius 1 is 1.70 bits per heavy atom. The molecule has 0 aliphatic carbocycles. The molecule has 10 heavy (non-hydrogen) atoms. The molecule has 51 valence electrons. The number of thioether (sulfide) groups is 1. The van der Waals surface area contributed by atoms with Crippen molar-refractivity contribution in [2.45, 2.75) is 4.90 Å². The molecule has 0 amide bonds. The van der Waals surface area contributed by atoms with E-state index in [0.29, 0.717) is 4.90 Å². The molecule has 3 heteroatoms. The van der Waals surface area contributed by atoms with Crippen molar-refractivity contribution in [3.05, 3.63) is 30.3 Å². The first kappa shape index (κ1) is 7.15. The molecular weight excluding hydrogens is 148 g/mol. The first-order chi connectivity index (χ1) is 4.79. The number of rotatable bonds is 1. The summed E-state index contributed by atoms with van der Waals surface area (Å²) in [4.78, 5) is 10.8. The zero-order valence-electron chi connectivity index (χ0n) is 5.07. The SMILES string of the molecule is O=C(O)Sc1c[c]ccc1. The number of benzene rings is 1. The summed E-state index contributed by atoms with van der Waals surface area (Å²) in [5, 5.41) is 7.43. The Labute approximate surface area is 62.9 Å². The van der Waals surface area contributed by atoms with Gasteiger partial charge in [0.05, 0.1) is 0 Å². The van der Waals surface area contributed by atoms with Gasteiger partial charge in [0.2, 0.25) is 0 Å². The summed E-state index contributed by atoms with van der Waals surface area (Å²) in [5.41, 5.74) is 0. The third-order valence-electron chi connectivity index (χ3n) is 0.884. The third kappa shape index (κ3) is 2.11. The molecule has 0 heterocycles. The van der Waals surface area contributed by atoms with Crippen molar-refractivity contribution in [3.8, 4) is 0 Å². The van der Waals surface area contributed by atoms with Crippen LogP contribution in [0.4, 0.5) is 4.79 Å². The molecule has 0 unspecified atom stereocenters. The fraction of sp³-hybridized carbons (Fsp3) is 0. The van der Waals surface area contributed by atoms with Crippen molar-refractivity contribution in [2.75, 3.05) is 0 Å². The summed E-state index contributed by atoms with van der Waals surface area (Å²) in [5.74, 6) is 0. The zero-order chi connectivity index (χ0) is 7.40. The van der Waals surface area contributed by atoms with E-state index in [-0.39, 0.29) is 0 Å². The van der Waals surface area contributed by atoms with Gasteiger partial charge in [0.15, 0.2) is 0 Å². The van der Waals surface area contributed by atoms with Crippen LogP contribution in [-0.4, -0.2) is 10.4 Å². The minimum Gasteiger partial charge on any atom is -0.473 e. The molecule has 0 spiro atoms. The fourth-order valence-electron chi connectivity index (χ4n) is 0.541. The molecule has 0 saturated carbocycles. The largest absolute Gasteiger partial charge is 0.473 e. The van der Waals surface area contributed by atoms with Gasteiger partial charge in [-0.3, -0.25) is 0 Å². The maximum absolute atomic E-state index is 10.1. The number of carboxylic acid groups (broad SMARTS) is 1. The van der Waals surface area contributed by atoms with Crippen LogP contribution in [0.2, 0.25) is 0 Å². The van der Waals surface area contributed by atoms with Gasteiger partial charge < -0.3 is 5.11 Å². The zero-order valence-corrected chi connectivity index (χ0v) is 5.89. The van der Waals surface area contributed by atoms with Gasteiger partial charge >= 0.3 is 5.30 Å². The van der Waals surface area contributed by atoms with Crippen molar-refractivity contribution >= 4 is 17.1 Å². The number of hydrogen-bond donors (Lipinski definition) is 1. The van der Waals surface area contributed by atoms with Crippen LogP contribution in [0.25, 0.3) is 0 Å². The minimum absolute atomic E-state index is 0.704. The lowest BCUT2D eigenvalue weighted by atomic mass is 10.4. The molecule has 1 aromatic rings. The second-order valence-corrected chi connectivity index (χ2v) is 2.63. The molecule has 0 bridgehead atoms. The summed E-state index contributed by atoms with van der Waals surface area (Å²) in [6, 6.07) is 9.63. The summed E-state index contributed by atoms with van der Waals surface area (Å²) in [6.07, 6.45) is 0. The number of carbonyl (C=O) groups is 1. The van der Waals surface area contributed by atoms with Crippen molar-refractivity contribution in [2.24, 2.45) is 0 Å². The quantitative estimate of drug-likeness (QED) is 0.629. The highest BCUT2D eigenvalue weighted by molar-refractivity contribution is 8.13. The molecule has 1 radical (unpaired) electrons. The van der Waals surface area contributed by atoms with Crippen LogP contribution in [0, 0.1) is 6.07 Å². The Morgan fingerprint density at radius 3 is 3.00 bits per heavy atom. The highest BCUT2D eigenvalue weighted by Gasteiger charge is 1.97. The van der Waals surface area contributed by atoms with Gasteiger partial charge in [0.25, 0.3) is 0 Å². The van der Waals surface area contributed by atoms with E-state index in [0.717, 1.165) is 11.8 Å². The lowest BCUT2D eigenvalue weighted by Gasteiger charge is -1.91. The van der Waals surface area contributed by atoms with Gasteiger partial charge in [0.1, 0.15) is 0 Å². The predicted molar refractivity (Wildman–Crippen MR) is 39.2 cm³/mol. The van der Waals surface area contributed by atoms with Gasteiger partial charge in [-0.15, -0.1) is 0 Å². The summed E-state index contributed by atoms with van der Waals surface area (Å²) >= 11 is 0.784. The Morgan fingerprint density at radius 2 is 2.50 bits per heavy atom. The summed E-state index contributed by atoms with van der Waals surface area (Å²) in [7, 11) is 0. The van der Waals surface area contributed by atoms with Crippen LogP contribution in [0.5, 0.6) is 0 Å². The Kier molecular flexibility index (Phi) is 2.34. The van der Waals surface area contributed by atoms with Gasteiger partial charge in [-0.05, 0) is 30.0 Å². The van der Waals surface area contributed by atoms with E-state index in [1.807, 2.05) is 0 Å². The number of hydrogen-bond acceptors (Lipinski definition) is 2. The van der Waals surface area contributed by atoms with Gasteiger partial charge in [-0.1, -0.05) is 12.1 Å². The molecular formula is C7H5O2S. The van der Waals surface area contributed by atoms with Crippen LogP contribution < -0.4 is 0 Å². The summed E-state index contributed by atoms with van der Waals surface area (Å²) in [6.45, 7) is 0. The highest BCUT2D eigenvalue weighted by atomic mass is 32.2. The first-order valence-corrected chi connectivity index (χ1v) is 3.47. The van der Waals surface area contributed by atoms with E-state index < -0.39 is 5.30 Å². The Balaban J connectivity index is 2.67. The van der Waals surface area contributed by atoms with Crippen LogP contribution in [0.1, 0.15) is 0 Å². The molecule has 1 rings (SSSR count). The van der Waals surface area contributed by atoms with Crippen LogP contribution in [0.3, 0.4) is 0 Å². The molecule has 0 saturated heterocycles. The second kappa shape index (κ2) is 3.27. The van der Waals surface area contributed by atoms with E-state index in [9.17, 15) is 4.79 Å². The standard InChI is InChI=1S/C7H5O2S/c8-7(9)10-6-4-2-1-3-5-6/h1-2,4-5H,(H,8,9). The Hall–Kier alpha value is -0.960. The van der Waals surface area contributed by atoms with E-state index >= 15 is 0 Å². The molecule has 2 nitrogen and oxygen atoms in total. The van der Waals surface area contributed by atoms with Gasteiger partial charge in [-0.25, -0.2) is 4.79 Å². The van der Waals surface area contributed by atoms with Crippen molar-refractivity contribution in [1.82, 2.24) is 0 Å². The first-order valence-electron chi connectivity index (χ1n) is 2.66. The van der Waals surface area contributed by atoms with Gasteiger partial charge in [0, 0.05) is 4.90 Å². The average Bonchev–Trinajstić information content (AvgIpc) is 1.88. The van der Waals surface area contributed by atoms with E-state index in [2.05, 4.69) is 6.07 Å². The smallest absolute Gasteiger partial charge is 0.369 e. The molecule has 0 aliphatic rings. The van der Waals surface area contributed by atoms with Crippen molar-refractivity contribution < 1.29 is 9.90 Å². The normalized spacial score (nSPS) is 9.20. The van der Waals surface area contributed by atoms with E-state index in [4.69, 9.17) is 5.11 Å². The van der Waals surface area contributed by atoms with Crippen molar-refractivity contribution in [3.63, 3.8) is 0 Å².